The monoisotopic (exact) mass is 826 g/mol. The van der Waals surface area contributed by atoms with Crippen molar-refractivity contribution in [3.63, 3.8) is 0 Å². The SMILES string of the molecule is BrCCCCOc1ccccc1.CC1(Oc2ccc(Cl)cc2)CCN(CCCCOc2ccccc2)CC1.CC1(Oc2ccc(Cl)cc2)CCNCC1. The van der Waals surface area contributed by atoms with Crippen LogP contribution in [0.4, 0.5) is 0 Å². The highest BCUT2D eigenvalue weighted by Crippen LogP contribution is 2.30. The molecule has 53 heavy (non-hydrogen) atoms. The van der Waals surface area contributed by atoms with Crippen LogP contribution in [0.3, 0.4) is 0 Å². The van der Waals surface area contributed by atoms with E-state index in [1.165, 1.54) is 12.8 Å². The summed E-state index contributed by atoms with van der Waals surface area (Å²) in [7, 11) is 0. The summed E-state index contributed by atoms with van der Waals surface area (Å²) in [6.45, 7) is 11.4. The molecule has 4 aromatic carbocycles. The molecule has 0 aromatic heterocycles. The van der Waals surface area contributed by atoms with Crippen molar-refractivity contribution in [2.24, 2.45) is 0 Å². The van der Waals surface area contributed by atoms with Gasteiger partial charge in [-0.05, 0) is 158 Å². The minimum Gasteiger partial charge on any atom is -0.494 e. The zero-order chi connectivity index (χ0) is 37.6. The van der Waals surface area contributed by atoms with Crippen molar-refractivity contribution in [1.82, 2.24) is 10.2 Å². The molecule has 6 nitrogen and oxygen atoms in total. The number of hydrogen-bond acceptors (Lipinski definition) is 6. The molecule has 1 N–H and O–H groups in total. The fourth-order valence-electron chi connectivity index (χ4n) is 6.03. The van der Waals surface area contributed by atoms with Gasteiger partial charge in [-0.1, -0.05) is 75.5 Å². The first-order chi connectivity index (χ1) is 25.7. The average molecular weight is 829 g/mol. The Morgan fingerprint density at radius 3 is 1.45 bits per heavy atom. The van der Waals surface area contributed by atoms with E-state index in [9.17, 15) is 0 Å². The van der Waals surface area contributed by atoms with Crippen molar-refractivity contribution in [3.8, 4) is 23.0 Å². The lowest BCUT2D eigenvalue weighted by Gasteiger charge is -2.39. The highest BCUT2D eigenvalue weighted by Gasteiger charge is 2.32. The van der Waals surface area contributed by atoms with Crippen LogP contribution >= 0.6 is 39.1 Å². The van der Waals surface area contributed by atoms with Crippen LogP contribution in [0, 0.1) is 0 Å². The summed E-state index contributed by atoms with van der Waals surface area (Å²) in [5, 5.41) is 5.89. The summed E-state index contributed by atoms with van der Waals surface area (Å²) in [6.07, 6.45) is 8.75. The molecule has 2 aliphatic heterocycles. The lowest BCUT2D eigenvalue weighted by Crippen LogP contribution is -2.46. The number of piperidine rings is 2. The standard InChI is InChI=1S/C22H28ClNO2.C12H16ClNO.C10H13BrO/c1-22(26-21-11-9-19(23)10-12-21)13-16-24(17-14-22)15-5-6-18-25-20-7-3-2-4-8-20;1-12(6-8-14-9-7-12)15-11-4-2-10(13)3-5-11;11-8-4-5-9-12-10-6-2-1-3-7-10/h2-4,7-12H,5-6,13-18H2,1H3;2-5,14H,6-9H2,1H3;1-3,6-7H,4-5,8-9H2. The fourth-order valence-corrected chi connectivity index (χ4v) is 6.68. The molecule has 9 heteroatoms. The van der Waals surface area contributed by atoms with E-state index in [2.05, 4.69) is 40.0 Å². The molecule has 0 aliphatic carbocycles. The van der Waals surface area contributed by atoms with Gasteiger partial charge in [0.2, 0.25) is 0 Å². The third kappa shape index (κ3) is 17.4. The average Bonchev–Trinajstić information content (AvgIpc) is 3.17. The molecule has 0 unspecified atom stereocenters. The topological polar surface area (TPSA) is 52.2 Å². The van der Waals surface area contributed by atoms with Crippen LogP contribution < -0.4 is 24.3 Å². The predicted molar refractivity (Wildman–Crippen MR) is 225 cm³/mol. The molecule has 2 fully saturated rings. The minimum atomic E-state index is -0.0826. The van der Waals surface area contributed by atoms with Gasteiger partial charge in [0, 0.05) is 28.5 Å². The molecule has 0 saturated carbocycles. The van der Waals surface area contributed by atoms with Gasteiger partial charge in [-0.25, -0.2) is 0 Å². The largest absolute Gasteiger partial charge is 0.494 e. The van der Waals surface area contributed by atoms with Crippen LogP contribution in [0.5, 0.6) is 23.0 Å². The maximum absolute atomic E-state index is 6.23. The van der Waals surface area contributed by atoms with Crippen LogP contribution in [0.1, 0.15) is 65.2 Å². The Morgan fingerprint density at radius 1 is 0.566 bits per heavy atom. The highest BCUT2D eigenvalue weighted by molar-refractivity contribution is 9.09. The Morgan fingerprint density at radius 2 is 1.00 bits per heavy atom. The van der Waals surface area contributed by atoms with Gasteiger partial charge in [-0.15, -0.1) is 0 Å². The summed E-state index contributed by atoms with van der Waals surface area (Å²) >= 11 is 15.1. The van der Waals surface area contributed by atoms with Gasteiger partial charge >= 0.3 is 0 Å². The lowest BCUT2D eigenvalue weighted by atomic mass is 9.93. The first-order valence-corrected chi connectivity index (χ1v) is 20.9. The van der Waals surface area contributed by atoms with E-state index in [0.717, 1.165) is 123 Å². The molecule has 0 atom stereocenters. The maximum Gasteiger partial charge on any atom is 0.120 e. The number of likely N-dealkylation sites (tertiary alicyclic amines) is 1. The molecule has 2 saturated heterocycles. The van der Waals surface area contributed by atoms with Crippen LogP contribution in [-0.2, 0) is 0 Å². The summed E-state index contributed by atoms with van der Waals surface area (Å²) in [5.74, 6) is 3.74. The van der Waals surface area contributed by atoms with Gasteiger partial charge in [-0.2, -0.15) is 0 Å². The first kappa shape index (κ1) is 42.8. The van der Waals surface area contributed by atoms with E-state index in [0.29, 0.717) is 0 Å². The smallest absolute Gasteiger partial charge is 0.120 e. The van der Waals surface area contributed by atoms with Crippen LogP contribution in [-0.4, -0.2) is 67.4 Å². The fraction of sp³-hybridized carbons (Fsp3) is 0.455. The number of nitrogens with one attached hydrogen (secondary N) is 1. The third-order valence-corrected chi connectivity index (χ3v) is 10.4. The maximum atomic E-state index is 6.23. The second-order valence-corrected chi connectivity index (χ2v) is 15.7. The first-order valence-electron chi connectivity index (χ1n) is 19.0. The molecule has 6 rings (SSSR count). The zero-order valence-electron chi connectivity index (χ0n) is 31.4. The number of alkyl halides is 1. The van der Waals surface area contributed by atoms with E-state index >= 15 is 0 Å². The summed E-state index contributed by atoms with van der Waals surface area (Å²) in [6, 6.07) is 35.2. The molecular weight excluding hydrogens is 771 g/mol. The third-order valence-electron chi connectivity index (χ3n) is 9.35. The Hall–Kier alpha value is -2.94. The number of para-hydroxylation sites is 2. The second-order valence-electron chi connectivity index (χ2n) is 14.0. The number of rotatable bonds is 15. The molecule has 0 amide bonds. The van der Waals surface area contributed by atoms with Crippen molar-refractivity contribution >= 4 is 39.1 Å². The predicted octanol–water partition coefficient (Wildman–Crippen LogP) is 11.5. The second kappa shape index (κ2) is 23.8. The van der Waals surface area contributed by atoms with Crippen LogP contribution in [0.15, 0.2) is 109 Å². The summed E-state index contributed by atoms with van der Waals surface area (Å²) in [5.41, 5.74) is -0.111. The molecule has 2 heterocycles. The number of ether oxygens (including phenoxy) is 4. The van der Waals surface area contributed by atoms with Crippen LogP contribution in [0.2, 0.25) is 10.0 Å². The van der Waals surface area contributed by atoms with E-state index in [1.54, 1.807) is 0 Å². The number of unbranched alkanes of at least 4 members (excludes halogenated alkanes) is 2. The van der Waals surface area contributed by atoms with Gasteiger partial charge < -0.3 is 29.2 Å². The Balaban J connectivity index is 0.000000196. The number of hydrogen-bond donors (Lipinski definition) is 1. The number of benzene rings is 4. The van der Waals surface area contributed by atoms with Crippen molar-refractivity contribution in [2.75, 3.05) is 51.3 Å². The molecule has 2 aliphatic rings. The van der Waals surface area contributed by atoms with Gasteiger partial charge in [-0.3, -0.25) is 0 Å². The number of nitrogens with zero attached hydrogens (tertiary/aromatic N) is 1. The van der Waals surface area contributed by atoms with E-state index in [-0.39, 0.29) is 11.2 Å². The Bertz CT molecular complexity index is 1520. The number of halogens is 3. The van der Waals surface area contributed by atoms with E-state index in [1.807, 2.05) is 109 Å². The van der Waals surface area contributed by atoms with Crippen molar-refractivity contribution in [3.05, 3.63) is 119 Å². The van der Waals surface area contributed by atoms with Gasteiger partial charge in [0.25, 0.3) is 0 Å². The van der Waals surface area contributed by atoms with Crippen molar-refractivity contribution < 1.29 is 18.9 Å². The molecule has 0 spiro atoms. The van der Waals surface area contributed by atoms with Gasteiger partial charge in [0.15, 0.2) is 0 Å². The summed E-state index contributed by atoms with van der Waals surface area (Å²) in [4.78, 5) is 2.54. The van der Waals surface area contributed by atoms with E-state index in [4.69, 9.17) is 42.1 Å². The van der Waals surface area contributed by atoms with Crippen molar-refractivity contribution in [1.29, 1.82) is 0 Å². The van der Waals surface area contributed by atoms with Crippen molar-refractivity contribution in [2.45, 2.75) is 76.4 Å². The molecule has 0 radical (unpaired) electrons. The Labute approximate surface area is 336 Å². The van der Waals surface area contributed by atoms with Gasteiger partial charge in [0.1, 0.15) is 34.2 Å². The van der Waals surface area contributed by atoms with Crippen LogP contribution in [0.25, 0.3) is 0 Å². The van der Waals surface area contributed by atoms with E-state index < -0.39 is 0 Å². The highest BCUT2D eigenvalue weighted by atomic mass is 79.9. The Kier molecular flexibility index (Phi) is 19.2. The molecule has 4 aromatic rings. The quantitative estimate of drug-likeness (QED) is 0.0952. The lowest BCUT2D eigenvalue weighted by molar-refractivity contribution is 0.0161. The van der Waals surface area contributed by atoms with Gasteiger partial charge in [0.05, 0.1) is 13.2 Å². The molecule has 0 bridgehead atoms. The normalized spacial score (nSPS) is 16.2. The molecular formula is C44H57BrCl2N2O4. The minimum absolute atomic E-state index is 0.0287. The molecule has 288 valence electrons. The zero-order valence-corrected chi connectivity index (χ0v) is 34.5. The summed E-state index contributed by atoms with van der Waals surface area (Å²) < 4.78 is 23.5.